The lowest BCUT2D eigenvalue weighted by Crippen LogP contribution is -2.66. The molecule has 18 heavy (non-hydrogen) atoms. The number of piperidine rings is 1. The maximum Gasteiger partial charge on any atom is 0.0382 e. The topological polar surface area (TPSA) is 29.3 Å². The van der Waals surface area contributed by atoms with Gasteiger partial charge in [-0.2, -0.15) is 0 Å². The molecule has 0 aromatic carbocycles. The lowest BCUT2D eigenvalue weighted by Gasteiger charge is -2.58. The van der Waals surface area contributed by atoms with Crippen molar-refractivity contribution >= 4 is 0 Å². The number of nitrogens with two attached hydrogens (primary N) is 1. The molecule has 1 heterocycles. The van der Waals surface area contributed by atoms with Crippen LogP contribution in [0.25, 0.3) is 0 Å². The van der Waals surface area contributed by atoms with Gasteiger partial charge in [0.05, 0.1) is 0 Å². The fourth-order valence-electron chi connectivity index (χ4n) is 4.66. The summed E-state index contributed by atoms with van der Waals surface area (Å²) in [5.74, 6) is 1.66. The lowest BCUT2D eigenvalue weighted by atomic mass is 9.61. The van der Waals surface area contributed by atoms with E-state index in [1.807, 2.05) is 0 Å². The third-order valence-corrected chi connectivity index (χ3v) is 5.71. The second-order valence-electron chi connectivity index (χ2n) is 7.68. The van der Waals surface area contributed by atoms with E-state index in [4.69, 9.17) is 5.73 Å². The van der Waals surface area contributed by atoms with Gasteiger partial charge in [0.1, 0.15) is 0 Å². The van der Waals surface area contributed by atoms with Crippen LogP contribution in [-0.4, -0.2) is 30.1 Å². The molecule has 0 amide bonds. The Morgan fingerprint density at radius 3 is 2.11 bits per heavy atom. The highest BCUT2D eigenvalue weighted by Gasteiger charge is 2.50. The van der Waals surface area contributed by atoms with Crippen LogP contribution >= 0.6 is 0 Å². The molecule has 3 unspecified atom stereocenters. The van der Waals surface area contributed by atoms with Crippen molar-refractivity contribution in [1.82, 2.24) is 4.90 Å². The molecular formula is C16H32N2. The van der Waals surface area contributed by atoms with Gasteiger partial charge in [-0.15, -0.1) is 0 Å². The van der Waals surface area contributed by atoms with E-state index in [1.54, 1.807) is 0 Å². The quantitative estimate of drug-likeness (QED) is 0.817. The Labute approximate surface area is 113 Å². The highest BCUT2D eigenvalue weighted by Crippen LogP contribution is 2.48. The SMILES string of the molecule is CC1CC(C)CN(C2(CN)CCCCC2(C)C)C1. The molecule has 2 heteroatoms. The van der Waals surface area contributed by atoms with Gasteiger partial charge >= 0.3 is 0 Å². The number of hydrogen-bond acceptors (Lipinski definition) is 2. The molecule has 2 aliphatic rings. The molecule has 0 bridgehead atoms. The fourth-order valence-corrected chi connectivity index (χ4v) is 4.66. The number of hydrogen-bond donors (Lipinski definition) is 1. The van der Waals surface area contributed by atoms with Crippen LogP contribution < -0.4 is 5.73 Å². The smallest absolute Gasteiger partial charge is 0.0382 e. The Morgan fingerprint density at radius 2 is 1.61 bits per heavy atom. The van der Waals surface area contributed by atoms with Crippen LogP contribution in [0, 0.1) is 17.3 Å². The summed E-state index contributed by atoms with van der Waals surface area (Å²) in [4.78, 5) is 2.77. The van der Waals surface area contributed by atoms with Gasteiger partial charge in [0.2, 0.25) is 0 Å². The lowest BCUT2D eigenvalue weighted by molar-refractivity contribution is -0.0719. The molecule has 0 radical (unpaired) electrons. The van der Waals surface area contributed by atoms with Crippen molar-refractivity contribution in [2.75, 3.05) is 19.6 Å². The molecule has 0 aromatic rings. The Kier molecular flexibility index (Phi) is 4.08. The van der Waals surface area contributed by atoms with Crippen molar-refractivity contribution in [1.29, 1.82) is 0 Å². The largest absolute Gasteiger partial charge is 0.329 e. The average molecular weight is 252 g/mol. The van der Waals surface area contributed by atoms with E-state index in [9.17, 15) is 0 Å². The molecule has 1 aliphatic heterocycles. The molecule has 1 aliphatic carbocycles. The standard InChI is InChI=1S/C16H32N2/c1-13-9-14(2)11-18(10-13)16(12-17)8-6-5-7-15(16,3)4/h13-14H,5-12,17H2,1-4H3. The highest BCUT2D eigenvalue weighted by molar-refractivity contribution is 5.06. The van der Waals surface area contributed by atoms with Crippen LogP contribution in [0.4, 0.5) is 0 Å². The minimum atomic E-state index is 0.258. The van der Waals surface area contributed by atoms with Crippen LogP contribution in [0.3, 0.4) is 0 Å². The summed E-state index contributed by atoms with van der Waals surface area (Å²) in [5, 5.41) is 0. The predicted molar refractivity (Wildman–Crippen MR) is 78.6 cm³/mol. The number of likely N-dealkylation sites (tertiary alicyclic amines) is 1. The van der Waals surface area contributed by atoms with Gasteiger partial charge in [0.15, 0.2) is 0 Å². The Morgan fingerprint density at radius 1 is 1.06 bits per heavy atom. The Hall–Kier alpha value is -0.0800. The van der Waals surface area contributed by atoms with Crippen LogP contribution in [-0.2, 0) is 0 Å². The van der Waals surface area contributed by atoms with Crippen molar-refractivity contribution in [3.63, 3.8) is 0 Å². The van der Waals surface area contributed by atoms with Crippen molar-refractivity contribution < 1.29 is 0 Å². The van der Waals surface area contributed by atoms with Crippen molar-refractivity contribution in [3.8, 4) is 0 Å². The maximum absolute atomic E-state index is 6.29. The van der Waals surface area contributed by atoms with Crippen LogP contribution in [0.2, 0.25) is 0 Å². The summed E-state index contributed by atoms with van der Waals surface area (Å²) in [6, 6.07) is 0. The normalized spacial score (nSPS) is 41.8. The van der Waals surface area contributed by atoms with E-state index in [0.29, 0.717) is 5.41 Å². The number of rotatable bonds is 2. The van der Waals surface area contributed by atoms with Crippen LogP contribution in [0.1, 0.15) is 59.8 Å². The monoisotopic (exact) mass is 252 g/mol. The van der Waals surface area contributed by atoms with E-state index in [-0.39, 0.29) is 5.54 Å². The Balaban J connectivity index is 2.25. The van der Waals surface area contributed by atoms with Gasteiger partial charge < -0.3 is 5.73 Å². The molecule has 106 valence electrons. The third-order valence-electron chi connectivity index (χ3n) is 5.71. The summed E-state index contributed by atoms with van der Waals surface area (Å²) < 4.78 is 0. The van der Waals surface area contributed by atoms with E-state index < -0.39 is 0 Å². The van der Waals surface area contributed by atoms with Crippen molar-refractivity contribution in [2.24, 2.45) is 23.0 Å². The zero-order valence-corrected chi connectivity index (χ0v) is 12.8. The molecule has 2 fully saturated rings. The summed E-state index contributed by atoms with van der Waals surface area (Å²) in [6.07, 6.45) is 6.77. The first-order chi connectivity index (χ1) is 8.41. The molecule has 0 spiro atoms. The third kappa shape index (κ3) is 2.34. The van der Waals surface area contributed by atoms with Gasteiger partial charge in [0.25, 0.3) is 0 Å². The van der Waals surface area contributed by atoms with Gasteiger partial charge in [0, 0.05) is 25.2 Å². The minimum absolute atomic E-state index is 0.258. The second-order valence-corrected chi connectivity index (χ2v) is 7.68. The van der Waals surface area contributed by atoms with Crippen LogP contribution in [0.15, 0.2) is 0 Å². The van der Waals surface area contributed by atoms with E-state index in [2.05, 4.69) is 32.6 Å². The van der Waals surface area contributed by atoms with Gasteiger partial charge in [-0.1, -0.05) is 40.5 Å². The minimum Gasteiger partial charge on any atom is -0.329 e. The van der Waals surface area contributed by atoms with Gasteiger partial charge in [-0.3, -0.25) is 4.90 Å². The van der Waals surface area contributed by atoms with Crippen molar-refractivity contribution in [3.05, 3.63) is 0 Å². The first-order valence-electron chi connectivity index (χ1n) is 7.86. The molecule has 2 nitrogen and oxygen atoms in total. The summed E-state index contributed by atoms with van der Waals surface area (Å²) in [7, 11) is 0. The zero-order chi connectivity index (χ0) is 13.4. The molecule has 1 saturated heterocycles. The summed E-state index contributed by atoms with van der Waals surface area (Å²) >= 11 is 0. The summed E-state index contributed by atoms with van der Waals surface area (Å²) in [5.41, 5.74) is 6.92. The Bertz CT molecular complexity index is 277. The molecule has 2 N–H and O–H groups in total. The van der Waals surface area contributed by atoms with E-state index in [1.165, 1.54) is 45.2 Å². The predicted octanol–water partition coefficient (Wildman–Crippen LogP) is 3.26. The fraction of sp³-hybridized carbons (Fsp3) is 1.00. The summed E-state index contributed by atoms with van der Waals surface area (Å²) in [6.45, 7) is 13.0. The highest BCUT2D eigenvalue weighted by atomic mass is 15.2. The van der Waals surface area contributed by atoms with Crippen LogP contribution in [0.5, 0.6) is 0 Å². The molecule has 3 atom stereocenters. The molecule has 1 saturated carbocycles. The van der Waals surface area contributed by atoms with Gasteiger partial charge in [-0.25, -0.2) is 0 Å². The van der Waals surface area contributed by atoms with E-state index >= 15 is 0 Å². The molecular weight excluding hydrogens is 220 g/mol. The molecule has 2 rings (SSSR count). The number of nitrogens with zero attached hydrogens (tertiary/aromatic N) is 1. The van der Waals surface area contributed by atoms with Crippen molar-refractivity contribution in [2.45, 2.75) is 65.3 Å². The average Bonchev–Trinajstić information content (AvgIpc) is 2.27. The maximum atomic E-state index is 6.29. The molecule has 0 aromatic heterocycles. The van der Waals surface area contributed by atoms with E-state index in [0.717, 1.165) is 18.4 Å². The first-order valence-corrected chi connectivity index (χ1v) is 7.86. The van der Waals surface area contributed by atoms with Gasteiger partial charge in [-0.05, 0) is 36.5 Å². The second kappa shape index (κ2) is 5.13. The first kappa shape index (κ1) is 14.3. The zero-order valence-electron chi connectivity index (χ0n) is 12.8.